The van der Waals surface area contributed by atoms with Crippen molar-refractivity contribution >= 4 is 33.2 Å². The third-order valence-corrected chi connectivity index (χ3v) is 5.10. The van der Waals surface area contributed by atoms with Crippen LogP contribution in [0.4, 0.5) is 5.69 Å². The van der Waals surface area contributed by atoms with E-state index in [4.69, 9.17) is 17.3 Å². The lowest BCUT2D eigenvalue weighted by Crippen LogP contribution is -2.55. The van der Waals surface area contributed by atoms with Gasteiger partial charge in [0, 0.05) is 27.6 Å². The molecule has 3 rings (SSSR count). The van der Waals surface area contributed by atoms with Crippen LogP contribution in [0.25, 0.3) is 0 Å². The Morgan fingerprint density at radius 2 is 1.89 bits per heavy atom. The molecule has 2 fully saturated rings. The molecule has 2 bridgehead atoms. The highest BCUT2D eigenvalue weighted by atomic mass is 79.9. The highest BCUT2D eigenvalue weighted by Gasteiger charge is 2.37. The molecule has 0 saturated carbocycles. The number of piperidine rings is 2. The minimum atomic E-state index is 0.370. The van der Waals surface area contributed by atoms with Crippen LogP contribution >= 0.6 is 27.5 Å². The van der Waals surface area contributed by atoms with E-state index in [9.17, 15) is 0 Å². The molecule has 0 radical (unpaired) electrons. The maximum atomic E-state index is 6.17. The predicted molar refractivity (Wildman–Crippen MR) is 80.3 cm³/mol. The third kappa shape index (κ3) is 2.28. The van der Waals surface area contributed by atoms with Gasteiger partial charge in [-0.1, -0.05) is 11.6 Å². The fourth-order valence-electron chi connectivity index (χ4n) is 3.50. The van der Waals surface area contributed by atoms with Crippen LogP contribution in [0.2, 0.25) is 5.02 Å². The summed E-state index contributed by atoms with van der Waals surface area (Å²) < 4.78 is 1.14. The van der Waals surface area contributed by atoms with Gasteiger partial charge in [-0.15, -0.1) is 0 Å². The van der Waals surface area contributed by atoms with E-state index in [0.717, 1.165) is 22.3 Å². The molecule has 0 aromatic heterocycles. The van der Waals surface area contributed by atoms with E-state index in [-0.39, 0.29) is 0 Å². The van der Waals surface area contributed by atoms with E-state index in [1.165, 1.54) is 24.9 Å². The molecule has 2 nitrogen and oxygen atoms in total. The number of hydrogen-bond donors (Lipinski definition) is 1. The molecule has 2 aliphatic heterocycles. The molecule has 1 aromatic rings. The summed E-state index contributed by atoms with van der Waals surface area (Å²) in [6.45, 7) is 0. The molecule has 18 heavy (non-hydrogen) atoms. The Hall–Kier alpha value is -0.250. The van der Waals surface area contributed by atoms with Crippen molar-refractivity contribution in [3.8, 4) is 0 Å². The number of rotatable bonds is 1. The summed E-state index contributed by atoms with van der Waals surface area (Å²) in [5, 5.41) is 0.807. The second-order valence-corrected chi connectivity index (χ2v) is 6.76. The van der Waals surface area contributed by atoms with E-state index < -0.39 is 0 Å². The molecular weight excluding hydrogens is 312 g/mol. The normalized spacial score (nSPS) is 31.5. The smallest absolute Gasteiger partial charge is 0.0530 e. The van der Waals surface area contributed by atoms with Gasteiger partial charge >= 0.3 is 0 Å². The molecule has 2 heterocycles. The monoisotopic (exact) mass is 328 g/mol. The van der Waals surface area contributed by atoms with E-state index in [1.54, 1.807) is 0 Å². The molecule has 98 valence electrons. The molecule has 4 heteroatoms. The molecule has 2 atom stereocenters. The summed E-state index contributed by atoms with van der Waals surface area (Å²) in [6.07, 6.45) is 6.05. The van der Waals surface area contributed by atoms with Crippen LogP contribution in [-0.4, -0.2) is 18.1 Å². The maximum absolute atomic E-state index is 6.17. The van der Waals surface area contributed by atoms with Gasteiger partial charge in [-0.3, -0.25) is 0 Å². The summed E-state index contributed by atoms with van der Waals surface area (Å²) in [7, 11) is 0. The van der Waals surface area contributed by atoms with Gasteiger partial charge in [0.25, 0.3) is 0 Å². The van der Waals surface area contributed by atoms with Crippen LogP contribution in [0, 0.1) is 0 Å². The molecule has 2 unspecified atom stereocenters. The number of nitrogens with zero attached hydrogens (tertiary/aromatic N) is 1. The molecule has 0 aliphatic carbocycles. The van der Waals surface area contributed by atoms with Gasteiger partial charge in [0.05, 0.1) is 5.69 Å². The van der Waals surface area contributed by atoms with Crippen molar-refractivity contribution in [3.63, 3.8) is 0 Å². The quantitative estimate of drug-likeness (QED) is 0.845. The first kappa shape index (κ1) is 12.8. The third-order valence-electron chi connectivity index (χ3n) is 4.20. The lowest BCUT2D eigenvalue weighted by atomic mass is 9.81. The molecular formula is C14H18BrClN2. The van der Waals surface area contributed by atoms with Crippen molar-refractivity contribution in [2.24, 2.45) is 5.73 Å². The van der Waals surface area contributed by atoms with Crippen LogP contribution in [0.3, 0.4) is 0 Å². The first-order chi connectivity index (χ1) is 8.65. The Morgan fingerprint density at radius 3 is 2.56 bits per heavy atom. The summed E-state index contributed by atoms with van der Waals surface area (Å²) in [5.41, 5.74) is 7.41. The summed E-state index contributed by atoms with van der Waals surface area (Å²) in [6, 6.07) is 7.59. The lowest BCUT2D eigenvalue weighted by Gasteiger charge is -2.50. The zero-order chi connectivity index (χ0) is 12.7. The van der Waals surface area contributed by atoms with Crippen LogP contribution in [-0.2, 0) is 0 Å². The molecule has 2 saturated heterocycles. The van der Waals surface area contributed by atoms with Gasteiger partial charge in [0.15, 0.2) is 0 Å². The maximum Gasteiger partial charge on any atom is 0.0530 e. The van der Waals surface area contributed by atoms with E-state index in [0.29, 0.717) is 18.1 Å². The number of hydrogen-bond acceptors (Lipinski definition) is 2. The average Bonchev–Trinajstić information content (AvgIpc) is 2.31. The first-order valence-corrected chi connectivity index (χ1v) is 7.81. The Labute approximate surface area is 122 Å². The number of fused-ring (bicyclic) bond motifs is 2. The Bertz CT molecular complexity index is 437. The minimum absolute atomic E-state index is 0.370. The molecule has 1 aromatic carbocycles. The van der Waals surface area contributed by atoms with Crippen LogP contribution < -0.4 is 10.6 Å². The Kier molecular flexibility index (Phi) is 3.57. The Balaban J connectivity index is 1.97. The number of benzene rings is 1. The Morgan fingerprint density at radius 1 is 1.22 bits per heavy atom. The average molecular weight is 330 g/mol. The second-order valence-electron chi connectivity index (χ2n) is 5.47. The standard InChI is InChI=1S/C14H18BrClN2/c15-13-5-4-9(16)6-14(13)18-11-2-1-3-12(18)8-10(17)7-11/h4-6,10-12H,1-3,7-8,17H2. The largest absolute Gasteiger partial charge is 0.364 e. The van der Waals surface area contributed by atoms with Crippen LogP contribution in [0.15, 0.2) is 22.7 Å². The van der Waals surface area contributed by atoms with Crippen molar-refractivity contribution < 1.29 is 0 Å². The number of nitrogens with two attached hydrogens (primary N) is 1. The van der Waals surface area contributed by atoms with E-state index in [1.807, 2.05) is 12.1 Å². The van der Waals surface area contributed by atoms with Gasteiger partial charge < -0.3 is 10.6 Å². The molecule has 0 amide bonds. The SMILES string of the molecule is NC1CC2CCCC(C1)N2c1cc(Cl)ccc1Br. The van der Waals surface area contributed by atoms with Gasteiger partial charge in [0.2, 0.25) is 0 Å². The van der Waals surface area contributed by atoms with Crippen molar-refractivity contribution in [1.29, 1.82) is 0 Å². The van der Waals surface area contributed by atoms with Gasteiger partial charge in [-0.25, -0.2) is 0 Å². The van der Waals surface area contributed by atoms with Crippen LogP contribution in [0.1, 0.15) is 32.1 Å². The summed E-state index contributed by atoms with van der Waals surface area (Å²) >= 11 is 9.81. The van der Waals surface area contributed by atoms with Crippen molar-refractivity contribution in [2.75, 3.05) is 4.90 Å². The van der Waals surface area contributed by atoms with Crippen LogP contribution in [0.5, 0.6) is 0 Å². The lowest BCUT2D eigenvalue weighted by molar-refractivity contribution is 0.271. The first-order valence-electron chi connectivity index (χ1n) is 6.64. The highest BCUT2D eigenvalue weighted by Crippen LogP contribution is 2.41. The minimum Gasteiger partial charge on any atom is -0.364 e. The molecule has 2 aliphatic rings. The van der Waals surface area contributed by atoms with Gasteiger partial charge in [0.1, 0.15) is 0 Å². The van der Waals surface area contributed by atoms with Crippen molar-refractivity contribution in [1.82, 2.24) is 0 Å². The van der Waals surface area contributed by atoms with Crippen molar-refractivity contribution in [3.05, 3.63) is 27.7 Å². The van der Waals surface area contributed by atoms with E-state index >= 15 is 0 Å². The summed E-state index contributed by atoms with van der Waals surface area (Å²) in [5.74, 6) is 0. The number of halogens is 2. The fourth-order valence-corrected chi connectivity index (χ4v) is 4.12. The number of anilines is 1. The molecule has 0 spiro atoms. The molecule has 2 N–H and O–H groups in total. The predicted octanol–water partition coefficient (Wildman–Crippen LogP) is 3.95. The second kappa shape index (κ2) is 5.03. The summed E-state index contributed by atoms with van der Waals surface area (Å²) in [4.78, 5) is 2.56. The zero-order valence-electron chi connectivity index (χ0n) is 10.3. The van der Waals surface area contributed by atoms with Crippen molar-refractivity contribution in [2.45, 2.75) is 50.2 Å². The topological polar surface area (TPSA) is 29.3 Å². The van der Waals surface area contributed by atoms with Gasteiger partial charge in [-0.2, -0.15) is 0 Å². The highest BCUT2D eigenvalue weighted by molar-refractivity contribution is 9.10. The van der Waals surface area contributed by atoms with E-state index in [2.05, 4.69) is 26.9 Å². The van der Waals surface area contributed by atoms with Gasteiger partial charge in [-0.05, 0) is 66.2 Å². The zero-order valence-corrected chi connectivity index (χ0v) is 12.6. The fraction of sp³-hybridized carbons (Fsp3) is 0.571.